The fourth-order valence-corrected chi connectivity index (χ4v) is 3.43. The summed E-state index contributed by atoms with van der Waals surface area (Å²) < 4.78 is 1.81. The summed E-state index contributed by atoms with van der Waals surface area (Å²) in [4.78, 5) is 4.38. The van der Waals surface area contributed by atoms with Gasteiger partial charge in [-0.05, 0) is 55.4 Å². The Kier molecular flexibility index (Phi) is 5.22. The van der Waals surface area contributed by atoms with E-state index in [-0.39, 0.29) is 0 Å². The molecule has 0 spiro atoms. The molecular weight excluding hydrogens is 272 g/mol. The normalized spacial score (nSPS) is 21.9. The Morgan fingerprint density at radius 2 is 2.09 bits per heavy atom. The standard InChI is InChI=1S/C18H26N4/c1-2-4-15-5-7-17(8-6-15)20-14-16-9-11-19-18(13-16)22-12-3-10-21-22/h3,9-13,15,17,20H,2,4-8,14H2,1H3. The van der Waals surface area contributed by atoms with Crippen molar-refractivity contribution in [3.63, 3.8) is 0 Å². The molecule has 0 unspecified atom stereocenters. The highest BCUT2D eigenvalue weighted by Crippen LogP contribution is 2.27. The summed E-state index contributed by atoms with van der Waals surface area (Å²) in [6, 6.07) is 6.79. The van der Waals surface area contributed by atoms with Crippen molar-refractivity contribution in [2.75, 3.05) is 0 Å². The average molecular weight is 298 g/mol. The highest BCUT2D eigenvalue weighted by molar-refractivity contribution is 5.26. The van der Waals surface area contributed by atoms with Gasteiger partial charge < -0.3 is 5.32 Å². The first-order chi connectivity index (χ1) is 10.8. The van der Waals surface area contributed by atoms with E-state index in [0.717, 1.165) is 18.3 Å². The van der Waals surface area contributed by atoms with Crippen LogP contribution in [0.25, 0.3) is 5.82 Å². The van der Waals surface area contributed by atoms with Crippen LogP contribution in [0, 0.1) is 5.92 Å². The number of hydrogen-bond donors (Lipinski definition) is 1. The van der Waals surface area contributed by atoms with Gasteiger partial charge in [0, 0.05) is 31.2 Å². The van der Waals surface area contributed by atoms with Gasteiger partial charge in [-0.15, -0.1) is 0 Å². The summed E-state index contributed by atoms with van der Waals surface area (Å²) in [5, 5.41) is 7.95. The van der Waals surface area contributed by atoms with Gasteiger partial charge in [-0.3, -0.25) is 0 Å². The Morgan fingerprint density at radius 1 is 1.23 bits per heavy atom. The first-order valence-electron chi connectivity index (χ1n) is 8.53. The minimum absolute atomic E-state index is 0.675. The molecule has 2 aromatic heterocycles. The molecule has 1 N–H and O–H groups in total. The minimum Gasteiger partial charge on any atom is -0.310 e. The van der Waals surface area contributed by atoms with Crippen LogP contribution in [-0.2, 0) is 6.54 Å². The number of nitrogens with one attached hydrogen (secondary N) is 1. The molecule has 118 valence electrons. The van der Waals surface area contributed by atoms with Crippen molar-refractivity contribution in [1.82, 2.24) is 20.1 Å². The summed E-state index contributed by atoms with van der Waals surface area (Å²) in [6.45, 7) is 3.21. The minimum atomic E-state index is 0.675. The molecule has 0 saturated heterocycles. The highest BCUT2D eigenvalue weighted by Gasteiger charge is 2.19. The monoisotopic (exact) mass is 298 g/mol. The molecule has 1 aliphatic rings. The van der Waals surface area contributed by atoms with Gasteiger partial charge in [-0.25, -0.2) is 9.67 Å². The molecular formula is C18H26N4. The number of nitrogens with zero attached hydrogens (tertiary/aromatic N) is 3. The van der Waals surface area contributed by atoms with Crippen LogP contribution in [0.15, 0.2) is 36.8 Å². The summed E-state index contributed by atoms with van der Waals surface area (Å²) >= 11 is 0. The summed E-state index contributed by atoms with van der Waals surface area (Å²) in [7, 11) is 0. The number of hydrogen-bond acceptors (Lipinski definition) is 3. The zero-order valence-corrected chi connectivity index (χ0v) is 13.4. The Bertz CT molecular complexity index is 556. The van der Waals surface area contributed by atoms with E-state index in [9.17, 15) is 0 Å². The lowest BCUT2D eigenvalue weighted by Gasteiger charge is -2.29. The van der Waals surface area contributed by atoms with Crippen molar-refractivity contribution >= 4 is 0 Å². The fourth-order valence-electron chi connectivity index (χ4n) is 3.43. The lowest BCUT2D eigenvalue weighted by molar-refractivity contribution is 0.277. The maximum atomic E-state index is 4.38. The van der Waals surface area contributed by atoms with Gasteiger partial charge in [0.05, 0.1) is 0 Å². The molecule has 1 saturated carbocycles. The Balaban J connectivity index is 1.51. The molecule has 22 heavy (non-hydrogen) atoms. The molecule has 1 fully saturated rings. The maximum absolute atomic E-state index is 4.38. The van der Waals surface area contributed by atoms with Crippen LogP contribution in [-0.4, -0.2) is 20.8 Å². The van der Waals surface area contributed by atoms with E-state index in [1.807, 2.05) is 18.5 Å². The lowest BCUT2D eigenvalue weighted by Crippen LogP contribution is -2.32. The topological polar surface area (TPSA) is 42.7 Å². The molecule has 0 atom stereocenters. The van der Waals surface area contributed by atoms with Gasteiger partial charge in [0.1, 0.15) is 0 Å². The van der Waals surface area contributed by atoms with Gasteiger partial charge in [0.15, 0.2) is 5.82 Å². The van der Waals surface area contributed by atoms with Crippen molar-refractivity contribution in [2.24, 2.45) is 5.92 Å². The second-order valence-corrected chi connectivity index (χ2v) is 6.36. The van der Waals surface area contributed by atoms with E-state index in [1.54, 1.807) is 10.9 Å². The van der Waals surface area contributed by atoms with E-state index in [2.05, 4.69) is 34.5 Å². The van der Waals surface area contributed by atoms with E-state index in [1.165, 1.54) is 44.1 Å². The molecule has 4 heteroatoms. The van der Waals surface area contributed by atoms with Gasteiger partial charge in [0.25, 0.3) is 0 Å². The van der Waals surface area contributed by atoms with Crippen LogP contribution < -0.4 is 5.32 Å². The molecule has 2 aromatic rings. The van der Waals surface area contributed by atoms with Crippen molar-refractivity contribution < 1.29 is 0 Å². The molecule has 0 radical (unpaired) electrons. The average Bonchev–Trinajstić information content (AvgIpc) is 3.09. The van der Waals surface area contributed by atoms with E-state index >= 15 is 0 Å². The fraction of sp³-hybridized carbons (Fsp3) is 0.556. The molecule has 0 amide bonds. The summed E-state index contributed by atoms with van der Waals surface area (Å²) in [5.74, 6) is 1.85. The highest BCUT2D eigenvalue weighted by atomic mass is 15.3. The largest absolute Gasteiger partial charge is 0.310 e. The van der Waals surface area contributed by atoms with Gasteiger partial charge in [-0.1, -0.05) is 19.8 Å². The van der Waals surface area contributed by atoms with Gasteiger partial charge in [0.2, 0.25) is 0 Å². The van der Waals surface area contributed by atoms with Crippen LogP contribution in [0.3, 0.4) is 0 Å². The van der Waals surface area contributed by atoms with E-state index in [4.69, 9.17) is 0 Å². The van der Waals surface area contributed by atoms with E-state index in [0.29, 0.717) is 6.04 Å². The van der Waals surface area contributed by atoms with Crippen LogP contribution in [0.4, 0.5) is 0 Å². The van der Waals surface area contributed by atoms with Crippen molar-refractivity contribution in [2.45, 2.75) is 58.0 Å². The van der Waals surface area contributed by atoms with Crippen molar-refractivity contribution in [3.8, 4) is 5.82 Å². The number of rotatable bonds is 6. The lowest BCUT2D eigenvalue weighted by atomic mass is 9.83. The molecule has 4 nitrogen and oxygen atoms in total. The second kappa shape index (κ2) is 7.54. The third-order valence-electron chi connectivity index (χ3n) is 4.69. The van der Waals surface area contributed by atoms with Crippen molar-refractivity contribution in [3.05, 3.63) is 42.4 Å². The molecule has 3 rings (SSSR count). The zero-order chi connectivity index (χ0) is 15.2. The predicted molar refractivity (Wildman–Crippen MR) is 88.9 cm³/mol. The SMILES string of the molecule is CCCC1CCC(NCc2ccnc(-n3cccn3)c2)CC1. The first kappa shape index (κ1) is 15.2. The van der Waals surface area contributed by atoms with Crippen molar-refractivity contribution in [1.29, 1.82) is 0 Å². The van der Waals surface area contributed by atoms with Crippen LogP contribution in [0.2, 0.25) is 0 Å². The van der Waals surface area contributed by atoms with Crippen LogP contribution >= 0.6 is 0 Å². The second-order valence-electron chi connectivity index (χ2n) is 6.36. The van der Waals surface area contributed by atoms with Gasteiger partial charge >= 0.3 is 0 Å². The predicted octanol–water partition coefficient (Wildman–Crippen LogP) is 3.72. The van der Waals surface area contributed by atoms with Gasteiger partial charge in [-0.2, -0.15) is 5.10 Å². The molecule has 0 aromatic carbocycles. The Hall–Kier alpha value is -1.68. The number of pyridine rings is 1. The third kappa shape index (κ3) is 3.95. The first-order valence-corrected chi connectivity index (χ1v) is 8.53. The van der Waals surface area contributed by atoms with E-state index < -0.39 is 0 Å². The maximum Gasteiger partial charge on any atom is 0.153 e. The third-order valence-corrected chi connectivity index (χ3v) is 4.69. The zero-order valence-electron chi connectivity index (χ0n) is 13.4. The van der Waals surface area contributed by atoms with Crippen LogP contribution in [0.5, 0.6) is 0 Å². The summed E-state index contributed by atoms with van der Waals surface area (Å²) in [6.07, 6.45) is 13.7. The number of aromatic nitrogens is 3. The molecule has 0 bridgehead atoms. The molecule has 0 aliphatic heterocycles. The Morgan fingerprint density at radius 3 is 2.82 bits per heavy atom. The van der Waals surface area contributed by atoms with Crippen LogP contribution in [0.1, 0.15) is 51.0 Å². The molecule has 2 heterocycles. The quantitative estimate of drug-likeness (QED) is 0.884. The molecule has 1 aliphatic carbocycles. The summed E-state index contributed by atoms with van der Waals surface area (Å²) in [5.41, 5.74) is 1.27. The Labute approximate surface area is 133 Å². The smallest absolute Gasteiger partial charge is 0.153 e.